The first-order valence-electron chi connectivity index (χ1n) is 6.57. The Labute approximate surface area is 103 Å². The minimum Gasteiger partial charge on any atom is -0.489 e. The number of para-hydroxylation sites is 1. The van der Waals surface area contributed by atoms with E-state index in [1.165, 1.54) is 0 Å². The number of fused-ring (bicyclic) bond motifs is 1. The normalized spacial score (nSPS) is 23.1. The number of ether oxygens (including phenoxy) is 1. The summed E-state index contributed by atoms with van der Waals surface area (Å²) in [4.78, 5) is 12.4. The monoisotopic (exact) mass is 232 g/mol. The van der Waals surface area contributed by atoms with Crippen molar-refractivity contribution in [1.82, 2.24) is 0 Å². The standard InChI is InChI=1S/C15H20O2/c1-3-5-8-11-13(4-2)17-14-10-7-6-9-12(14)15(11)16/h6-7,9-11,13H,3-5,8H2,1-2H3. The van der Waals surface area contributed by atoms with Crippen LogP contribution in [0.25, 0.3) is 0 Å². The Bertz CT molecular complexity index is 398. The number of Topliss-reactive ketones (excluding diaryl/α,β-unsaturated/α-hetero) is 1. The van der Waals surface area contributed by atoms with Gasteiger partial charge in [0, 0.05) is 0 Å². The van der Waals surface area contributed by atoms with Gasteiger partial charge in [0.2, 0.25) is 0 Å². The smallest absolute Gasteiger partial charge is 0.173 e. The number of ketones is 1. The summed E-state index contributed by atoms with van der Waals surface area (Å²) in [7, 11) is 0. The van der Waals surface area contributed by atoms with Gasteiger partial charge in [0.05, 0.1) is 11.5 Å². The SMILES string of the molecule is CCCCC1C(=O)c2ccccc2OC1CC. The van der Waals surface area contributed by atoms with Crippen molar-refractivity contribution in [1.29, 1.82) is 0 Å². The van der Waals surface area contributed by atoms with Crippen molar-refractivity contribution < 1.29 is 9.53 Å². The Morgan fingerprint density at radius 3 is 2.71 bits per heavy atom. The molecular weight excluding hydrogens is 212 g/mol. The number of rotatable bonds is 4. The quantitative estimate of drug-likeness (QED) is 0.788. The Morgan fingerprint density at radius 1 is 1.24 bits per heavy atom. The van der Waals surface area contributed by atoms with Crippen LogP contribution in [-0.2, 0) is 0 Å². The van der Waals surface area contributed by atoms with Crippen molar-refractivity contribution in [3.05, 3.63) is 29.8 Å². The van der Waals surface area contributed by atoms with E-state index in [2.05, 4.69) is 13.8 Å². The molecule has 1 aliphatic rings. The van der Waals surface area contributed by atoms with Crippen LogP contribution in [0.15, 0.2) is 24.3 Å². The lowest BCUT2D eigenvalue weighted by molar-refractivity contribution is 0.0625. The molecule has 0 aromatic heterocycles. The lowest BCUT2D eigenvalue weighted by atomic mass is 9.84. The van der Waals surface area contributed by atoms with Gasteiger partial charge in [0.25, 0.3) is 0 Å². The maximum absolute atomic E-state index is 12.4. The van der Waals surface area contributed by atoms with Crippen LogP contribution in [-0.4, -0.2) is 11.9 Å². The van der Waals surface area contributed by atoms with Gasteiger partial charge >= 0.3 is 0 Å². The molecule has 1 heterocycles. The number of benzene rings is 1. The van der Waals surface area contributed by atoms with Gasteiger partial charge in [0.15, 0.2) is 5.78 Å². The summed E-state index contributed by atoms with van der Waals surface area (Å²) in [5, 5.41) is 0. The highest BCUT2D eigenvalue weighted by Gasteiger charge is 2.35. The van der Waals surface area contributed by atoms with Crippen molar-refractivity contribution in [2.75, 3.05) is 0 Å². The number of unbranched alkanes of at least 4 members (excludes halogenated alkanes) is 1. The molecule has 2 atom stereocenters. The molecule has 0 saturated carbocycles. The zero-order valence-corrected chi connectivity index (χ0v) is 10.6. The molecule has 92 valence electrons. The Morgan fingerprint density at radius 2 is 2.00 bits per heavy atom. The highest BCUT2D eigenvalue weighted by molar-refractivity contribution is 6.01. The average molecular weight is 232 g/mol. The van der Waals surface area contributed by atoms with Gasteiger partial charge in [-0.1, -0.05) is 38.8 Å². The van der Waals surface area contributed by atoms with E-state index in [0.29, 0.717) is 0 Å². The zero-order valence-electron chi connectivity index (χ0n) is 10.6. The maximum atomic E-state index is 12.4. The molecule has 2 heteroatoms. The van der Waals surface area contributed by atoms with E-state index < -0.39 is 0 Å². The molecular formula is C15H20O2. The van der Waals surface area contributed by atoms with Gasteiger partial charge in [0.1, 0.15) is 11.9 Å². The molecule has 0 fully saturated rings. The second-order valence-corrected chi connectivity index (χ2v) is 4.67. The number of carbonyl (C=O) groups is 1. The fourth-order valence-corrected chi connectivity index (χ4v) is 2.50. The number of carbonyl (C=O) groups excluding carboxylic acids is 1. The molecule has 2 rings (SSSR count). The molecule has 1 aliphatic heterocycles. The van der Waals surface area contributed by atoms with E-state index in [9.17, 15) is 4.79 Å². The molecule has 0 radical (unpaired) electrons. The Kier molecular flexibility index (Phi) is 3.82. The van der Waals surface area contributed by atoms with Crippen molar-refractivity contribution in [2.45, 2.75) is 45.6 Å². The van der Waals surface area contributed by atoms with Crippen LogP contribution in [0.1, 0.15) is 49.9 Å². The third-order valence-corrected chi connectivity index (χ3v) is 3.49. The molecule has 0 spiro atoms. The number of hydrogen-bond acceptors (Lipinski definition) is 2. The van der Waals surface area contributed by atoms with Crippen LogP contribution in [0.5, 0.6) is 5.75 Å². The molecule has 2 unspecified atom stereocenters. The van der Waals surface area contributed by atoms with Gasteiger partial charge in [-0.25, -0.2) is 0 Å². The molecule has 1 aromatic rings. The molecule has 0 N–H and O–H groups in total. The van der Waals surface area contributed by atoms with Crippen LogP contribution in [0, 0.1) is 5.92 Å². The lowest BCUT2D eigenvalue weighted by Gasteiger charge is -2.32. The van der Waals surface area contributed by atoms with Crippen LogP contribution in [0.2, 0.25) is 0 Å². The highest BCUT2D eigenvalue weighted by Crippen LogP contribution is 2.34. The minimum absolute atomic E-state index is 0.0508. The third kappa shape index (κ3) is 2.36. The summed E-state index contributed by atoms with van der Waals surface area (Å²) < 4.78 is 5.94. The zero-order chi connectivity index (χ0) is 12.3. The fraction of sp³-hybridized carbons (Fsp3) is 0.533. The van der Waals surface area contributed by atoms with E-state index in [1.54, 1.807) is 0 Å². The van der Waals surface area contributed by atoms with Crippen molar-refractivity contribution >= 4 is 5.78 Å². The summed E-state index contributed by atoms with van der Waals surface area (Å²) in [6, 6.07) is 7.60. The molecule has 17 heavy (non-hydrogen) atoms. The van der Waals surface area contributed by atoms with E-state index in [0.717, 1.165) is 37.0 Å². The van der Waals surface area contributed by atoms with E-state index >= 15 is 0 Å². The highest BCUT2D eigenvalue weighted by atomic mass is 16.5. The van der Waals surface area contributed by atoms with Crippen LogP contribution in [0.3, 0.4) is 0 Å². The topological polar surface area (TPSA) is 26.3 Å². The van der Waals surface area contributed by atoms with Crippen LogP contribution >= 0.6 is 0 Å². The second-order valence-electron chi connectivity index (χ2n) is 4.67. The summed E-state index contributed by atoms with van der Waals surface area (Å²) in [5.74, 6) is 1.08. The first kappa shape index (κ1) is 12.2. The van der Waals surface area contributed by atoms with Gasteiger partial charge < -0.3 is 4.74 Å². The molecule has 0 amide bonds. The van der Waals surface area contributed by atoms with E-state index in [-0.39, 0.29) is 17.8 Å². The Hall–Kier alpha value is -1.31. The summed E-state index contributed by atoms with van der Waals surface area (Å²) >= 11 is 0. The van der Waals surface area contributed by atoms with Gasteiger partial charge in [-0.05, 0) is 25.0 Å². The summed E-state index contributed by atoms with van der Waals surface area (Å²) in [6.45, 7) is 4.24. The van der Waals surface area contributed by atoms with Gasteiger partial charge in [-0.15, -0.1) is 0 Å². The van der Waals surface area contributed by atoms with E-state index in [1.807, 2.05) is 24.3 Å². The van der Waals surface area contributed by atoms with E-state index in [4.69, 9.17) is 4.74 Å². The summed E-state index contributed by atoms with van der Waals surface area (Å²) in [5.41, 5.74) is 0.762. The maximum Gasteiger partial charge on any atom is 0.173 e. The van der Waals surface area contributed by atoms with Gasteiger partial charge in [-0.3, -0.25) is 4.79 Å². The first-order chi connectivity index (χ1) is 8.27. The fourth-order valence-electron chi connectivity index (χ4n) is 2.50. The Balaban J connectivity index is 2.26. The van der Waals surface area contributed by atoms with Gasteiger partial charge in [-0.2, -0.15) is 0 Å². The molecule has 0 bridgehead atoms. The summed E-state index contributed by atoms with van der Waals surface area (Å²) in [6.07, 6.45) is 4.13. The predicted octanol–water partition coefficient (Wildman–Crippen LogP) is 3.85. The lowest BCUT2D eigenvalue weighted by Crippen LogP contribution is -2.37. The van der Waals surface area contributed by atoms with Crippen molar-refractivity contribution in [2.24, 2.45) is 5.92 Å². The van der Waals surface area contributed by atoms with Crippen LogP contribution < -0.4 is 4.74 Å². The number of hydrogen-bond donors (Lipinski definition) is 0. The molecule has 0 aliphatic carbocycles. The third-order valence-electron chi connectivity index (χ3n) is 3.49. The average Bonchev–Trinajstić information content (AvgIpc) is 2.37. The predicted molar refractivity (Wildman–Crippen MR) is 68.5 cm³/mol. The second kappa shape index (κ2) is 5.35. The van der Waals surface area contributed by atoms with Crippen molar-refractivity contribution in [3.63, 3.8) is 0 Å². The molecule has 2 nitrogen and oxygen atoms in total. The van der Waals surface area contributed by atoms with Crippen molar-refractivity contribution in [3.8, 4) is 5.75 Å². The van der Waals surface area contributed by atoms with Crippen LogP contribution in [0.4, 0.5) is 0 Å². The minimum atomic E-state index is 0.0508. The first-order valence-corrected chi connectivity index (χ1v) is 6.57. The molecule has 0 saturated heterocycles. The molecule has 1 aromatic carbocycles. The largest absolute Gasteiger partial charge is 0.489 e.